The minimum Gasteiger partial charge on any atom is -0.350 e. The molecule has 1 aliphatic heterocycles. The molecule has 0 spiro atoms. The molecule has 0 radical (unpaired) electrons. The number of likely N-dealkylation sites (tertiary alicyclic amines) is 1. The van der Waals surface area contributed by atoms with E-state index in [0.29, 0.717) is 40.6 Å². The average Bonchev–Trinajstić information content (AvgIpc) is 3.14. The number of amides is 2. The Bertz CT molecular complexity index is 1040. The maximum atomic E-state index is 12.8. The van der Waals surface area contributed by atoms with Crippen LogP contribution in [0.15, 0.2) is 47.4 Å². The molecule has 1 atom stereocenters. The molecule has 1 saturated heterocycles. The van der Waals surface area contributed by atoms with Gasteiger partial charge in [-0.3, -0.25) is 9.59 Å². The van der Waals surface area contributed by atoms with Crippen LogP contribution in [0.4, 0.5) is 0 Å². The Morgan fingerprint density at radius 2 is 1.83 bits per heavy atom. The van der Waals surface area contributed by atoms with Gasteiger partial charge in [-0.15, -0.1) is 0 Å². The standard InChI is InChI=1S/C19H19Cl2N3O4S/c20-14-8-13(9-15(21)10-14)19(26)24-6-2-5-17(24)18(25)23-11-12-3-1-4-16(7-12)29(22,27)28/h1,3-4,7-10,17H,2,5-6,11H2,(H,23,25)(H2,22,27,28). The topological polar surface area (TPSA) is 110 Å². The van der Waals surface area contributed by atoms with E-state index in [1.165, 1.54) is 35.2 Å². The highest BCUT2D eigenvalue weighted by Gasteiger charge is 2.34. The van der Waals surface area contributed by atoms with Crippen molar-refractivity contribution in [3.05, 3.63) is 63.6 Å². The number of rotatable bonds is 5. The number of hydrogen-bond acceptors (Lipinski definition) is 4. The summed E-state index contributed by atoms with van der Waals surface area (Å²) in [4.78, 5) is 27.0. The van der Waals surface area contributed by atoms with Gasteiger partial charge in [0.15, 0.2) is 0 Å². The van der Waals surface area contributed by atoms with Crippen LogP contribution in [0, 0.1) is 0 Å². The first-order chi connectivity index (χ1) is 13.6. The van der Waals surface area contributed by atoms with E-state index < -0.39 is 16.1 Å². The van der Waals surface area contributed by atoms with E-state index in [0.717, 1.165) is 0 Å². The summed E-state index contributed by atoms with van der Waals surface area (Å²) < 4.78 is 22.9. The molecular weight excluding hydrogens is 437 g/mol. The fraction of sp³-hybridized carbons (Fsp3) is 0.263. The molecule has 0 aliphatic carbocycles. The number of benzene rings is 2. The number of nitrogens with one attached hydrogen (secondary N) is 1. The summed E-state index contributed by atoms with van der Waals surface area (Å²) in [5.74, 6) is -0.631. The van der Waals surface area contributed by atoms with Gasteiger partial charge >= 0.3 is 0 Å². The number of carbonyl (C=O) groups is 2. The third-order valence-corrected chi connectivity index (χ3v) is 5.97. The lowest BCUT2D eigenvalue weighted by molar-refractivity contribution is -0.125. The van der Waals surface area contributed by atoms with E-state index in [9.17, 15) is 18.0 Å². The number of primary sulfonamides is 1. The van der Waals surface area contributed by atoms with E-state index >= 15 is 0 Å². The van der Waals surface area contributed by atoms with Gasteiger partial charge in [0.25, 0.3) is 5.91 Å². The van der Waals surface area contributed by atoms with Crippen LogP contribution < -0.4 is 10.5 Å². The first kappa shape index (κ1) is 21.6. The van der Waals surface area contributed by atoms with E-state index in [4.69, 9.17) is 28.3 Å². The summed E-state index contributed by atoms with van der Waals surface area (Å²) in [6, 6.07) is 9.96. The van der Waals surface area contributed by atoms with Gasteiger partial charge in [0.05, 0.1) is 4.90 Å². The second kappa shape index (κ2) is 8.71. The smallest absolute Gasteiger partial charge is 0.254 e. The summed E-state index contributed by atoms with van der Waals surface area (Å²) in [6.07, 6.45) is 1.22. The number of sulfonamides is 1. The summed E-state index contributed by atoms with van der Waals surface area (Å²) in [5.41, 5.74) is 0.908. The molecule has 29 heavy (non-hydrogen) atoms. The molecular formula is C19H19Cl2N3O4S. The van der Waals surface area contributed by atoms with Crippen molar-refractivity contribution in [2.75, 3.05) is 6.54 Å². The maximum Gasteiger partial charge on any atom is 0.254 e. The van der Waals surface area contributed by atoms with Crippen LogP contribution >= 0.6 is 23.2 Å². The van der Waals surface area contributed by atoms with Gasteiger partial charge in [-0.2, -0.15) is 0 Å². The summed E-state index contributed by atoms with van der Waals surface area (Å²) in [5, 5.41) is 8.58. The van der Waals surface area contributed by atoms with Crippen molar-refractivity contribution in [3.8, 4) is 0 Å². The first-order valence-corrected chi connectivity index (χ1v) is 11.1. The predicted molar refractivity (Wildman–Crippen MR) is 110 cm³/mol. The Hall–Kier alpha value is -2.13. The van der Waals surface area contributed by atoms with Gasteiger partial charge in [0.1, 0.15) is 6.04 Å². The minimum atomic E-state index is -3.82. The average molecular weight is 456 g/mol. The second-order valence-corrected chi connectivity index (χ2v) is 9.16. The molecule has 0 aromatic heterocycles. The molecule has 154 valence electrons. The fourth-order valence-electron chi connectivity index (χ4n) is 3.26. The molecule has 10 heteroatoms. The molecule has 1 fully saturated rings. The van der Waals surface area contributed by atoms with Crippen LogP contribution in [-0.4, -0.2) is 37.7 Å². The molecule has 2 aromatic rings. The Balaban J connectivity index is 1.69. The molecule has 2 amide bonds. The maximum absolute atomic E-state index is 12.8. The van der Waals surface area contributed by atoms with E-state index in [1.54, 1.807) is 12.1 Å². The lowest BCUT2D eigenvalue weighted by Gasteiger charge is -2.24. The van der Waals surface area contributed by atoms with Crippen LogP contribution in [0.5, 0.6) is 0 Å². The molecule has 0 bridgehead atoms. The highest BCUT2D eigenvalue weighted by Crippen LogP contribution is 2.24. The Labute approximate surface area is 178 Å². The number of hydrogen-bond donors (Lipinski definition) is 2. The SMILES string of the molecule is NS(=O)(=O)c1cccc(CNC(=O)C2CCCN2C(=O)c2cc(Cl)cc(Cl)c2)c1. The molecule has 2 aromatic carbocycles. The zero-order chi connectivity index (χ0) is 21.2. The van der Waals surface area contributed by atoms with Gasteiger partial charge in [0.2, 0.25) is 15.9 Å². The molecule has 1 heterocycles. The zero-order valence-electron chi connectivity index (χ0n) is 15.3. The zero-order valence-corrected chi connectivity index (χ0v) is 17.6. The van der Waals surface area contributed by atoms with Gasteiger partial charge in [-0.25, -0.2) is 13.6 Å². The second-order valence-electron chi connectivity index (χ2n) is 6.72. The van der Waals surface area contributed by atoms with Crippen LogP contribution in [0.1, 0.15) is 28.8 Å². The van der Waals surface area contributed by atoms with Crippen molar-refractivity contribution in [1.29, 1.82) is 0 Å². The Kier molecular flexibility index (Phi) is 6.48. The molecule has 0 saturated carbocycles. The molecule has 1 aliphatic rings. The number of halogens is 2. The van der Waals surface area contributed by atoms with Crippen molar-refractivity contribution >= 4 is 45.0 Å². The Morgan fingerprint density at radius 1 is 1.14 bits per heavy atom. The third kappa shape index (κ3) is 5.27. The molecule has 1 unspecified atom stereocenters. The van der Waals surface area contributed by atoms with Crippen molar-refractivity contribution in [3.63, 3.8) is 0 Å². The van der Waals surface area contributed by atoms with Crippen LogP contribution in [0.3, 0.4) is 0 Å². The van der Waals surface area contributed by atoms with Gasteiger partial charge in [-0.05, 0) is 48.7 Å². The Morgan fingerprint density at radius 3 is 2.48 bits per heavy atom. The van der Waals surface area contributed by atoms with Crippen molar-refractivity contribution in [1.82, 2.24) is 10.2 Å². The summed E-state index contributed by atoms with van der Waals surface area (Å²) >= 11 is 12.0. The van der Waals surface area contributed by atoms with Crippen molar-refractivity contribution in [2.45, 2.75) is 30.3 Å². The number of nitrogens with zero attached hydrogens (tertiary/aromatic N) is 1. The van der Waals surface area contributed by atoms with Crippen LogP contribution in [-0.2, 0) is 21.4 Å². The third-order valence-electron chi connectivity index (χ3n) is 4.62. The highest BCUT2D eigenvalue weighted by atomic mass is 35.5. The first-order valence-electron chi connectivity index (χ1n) is 8.81. The molecule has 7 nitrogen and oxygen atoms in total. The van der Waals surface area contributed by atoms with Crippen LogP contribution in [0.2, 0.25) is 10.0 Å². The van der Waals surface area contributed by atoms with Gasteiger partial charge in [0, 0.05) is 28.7 Å². The lowest BCUT2D eigenvalue weighted by Crippen LogP contribution is -2.45. The molecule has 3 rings (SSSR count). The van der Waals surface area contributed by atoms with Crippen molar-refractivity contribution < 1.29 is 18.0 Å². The van der Waals surface area contributed by atoms with Crippen LogP contribution in [0.25, 0.3) is 0 Å². The van der Waals surface area contributed by atoms with Gasteiger partial charge < -0.3 is 10.2 Å². The normalized spacial score (nSPS) is 16.7. The quantitative estimate of drug-likeness (QED) is 0.721. The van der Waals surface area contributed by atoms with Gasteiger partial charge in [-0.1, -0.05) is 35.3 Å². The minimum absolute atomic E-state index is 0.0280. The van der Waals surface area contributed by atoms with E-state index in [-0.39, 0.29) is 23.3 Å². The monoisotopic (exact) mass is 455 g/mol. The largest absolute Gasteiger partial charge is 0.350 e. The highest BCUT2D eigenvalue weighted by molar-refractivity contribution is 7.89. The number of nitrogens with two attached hydrogens (primary N) is 1. The molecule has 3 N–H and O–H groups in total. The van der Waals surface area contributed by atoms with E-state index in [2.05, 4.69) is 5.32 Å². The number of carbonyl (C=O) groups excluding carboxylic acids is 2. The fourth-order valence-corrected chi connectivity index (χ4v) is 4.37. The van der Waals surface area contributed by atoms with Crippen molar-refractivity contribution in [2.24, 2.45) is 5.14 Å². The summed E-state index contributed by atoms with van der Waals surface area (Å²) in [6.45, 7) is 0.561. The van der Waals surface area contributed by atoms with E-state index in [1.807, 2.05) is 0 Å². The predicted octanol–water partition coefficient (Wildman–Crippen LogP) is 2.56. The lowest BCUT2D eigenvalue weighted by atomic mass is 10.1. The summed E-state index contributed by atoms with van der Waals surface area (Å²) in [7, 11) is -3.82.